The first-order valence-electron chi connectivity index (χ1n) is 22.6. The lowest BCUT2D eigenvalue weighted by Crippen LogP contribution is -1.93. The summed E-state index contributed by atoms with van der Waals surface area (Å²) < 4.78 is 0. The molecule has 0 bridgehead atoms. The van der Waals surface area contributed by atoms with E-state index >= 15 is 0 Å². The summed E-state index contributed by atoms with van der Waals surface area (Å²) in [5, 5.41) is 27.1. The fraction of sp³-hybridized carbons (Fsp3) is 0.0794. The minimum atomic E-state index is 0.988. The van der Waals surface area contributed by atoms with Crippen LogP contribution in [-0.4, -0.2) is 0 Å². The Labute approximate surface area is 364 Å². The summed E-state index contributed by atoms with van der Waals surface area (Å²) in [6.45, 7) is 9.08. The van der Waals surface area contributed by atoms with Crippen LogP contribution in [0.15, 0.2) is 158 Å². The minimum Gasteiger partial charge on any atom is -0.0616 e. The maximum Gasteiger partial charge on any atom is -0.000718 e. The lowest BCUT2D eigenvalue weighted by molar-refractivity contribution is 1.13. The van der Waals surface area contributed by atoms with Crippen molar-refractivity contribution in [1.82, 2.24) is 0 Å². The Bertz CT molecular complexity index is 4270. The molecule has 63 heavy (non-hydrogen) atoms. The summed E-state index contributed by atoms with van der Waals surface area (Å²) >= 11 is 0. The number of rotatable bonds is 3. The second kappa shape index (κ2) is 11.7. The molecule has 0 unspecified atom stereocenters. The molecule has 0 nitrogen and oxygen atoms in total. The fourth-order valence-corrected chi connectivity index (χ4v) is 13.0. The van der Waals surface area contributed by atoms with Crippen LogP contribution in [0.2, 0.25) is 0 Å². The van der Waals surface area contributed by atoms with Crippen molar-refractivity contribution >= 4 is 108 Å². The zero-order valence-corrected chi connectivity index (χ0v) is 35.7. The van der Waals surface area contributed by atoms with Crippen molar-refractivity contribution in [2.24, 2.45) is 0 Å². The van der Waals surface area contributed by atoms with Gasteiger partial charge in [-0.3, -0.25) is 0 Å². The Kier molecular flexibility index (Phi) is 6.32. The largest absolute Gasteiger partial charge is 0.0616 e. The molecule has 14 aromatic carbocycles. The van der Waals surface area contributed by atoms with E-state index in [2.05, 4.69) is 185 Å². The third-order valence-corrected chi connectivity index (χ3v) is 15.2. The van der Waals surface area contributed by atoms with Crippen LogP contribution in [0.3, 0.4) is 0 Å². The number of hydrogen-bond donors (Lipinski definition) is 0. The molecule has 0 spiro atoms. The molecule has 1 aliphatic rings. The van der Waals surface area contributed by atoms with Crippen LogP contribution in [0.4, 0.5) is 0 Å². The molecule has 292 valence electrons. The van der Waals surface area contributed by atoms with Gasteiger partial charge in [0.1, 0.15) is 0 Å². The number of fused-ring (bicyclic) bond motifs is 13. The van der Waals surface area contributed by atoms with Gasteiger partial charge in [0.05, 0.1) is 0 Å². The quantitative estimate of drug-likeness (QED) is 0.123. The van der Waals surface area contributed by atoms with Gasteiger partial charge in [-0.05, 0) is 191 Å². The van der Waals surface area contributed by atoms with Crippen LogP contribution < -0.4 is 0 Å². The lowest BCUT2D eigenvalue weighted by Gasteiger charge is -2.20. The van der Waals surface area contributed by atoms with Crippen molar-refractivity contribution < 1.29 is 0 Å². The van der Waals surface area contributed by atoms with Crippen LogP contribution in [0.1, 0.15) is 29.2 Å². The van der Waals surface area contributed by atoms with Gasteiger partial charge in [-0.25, -0.2) is 0 Å². The first kappa shape index (κ1) is 34.1. The molecule has 0 saturated heterocycles. The second-order valence-corrected chi connectivity index (χ2v) is 18.7. The monoisotopic (exact) mass is 796 g/mol. The highest BCUT2D eigenvalue weighted by molar-refractivity contribution is 6.49. The van der Waals surface area contributed by atoms with Gasteiger partial charge in [0.15, 0.2) is 0 Å². The molecule has 0 heteroatoms. The molecular formula is C63H40. The smallest absolute Gasteiger partial charge is 0.000718 e. The van der Waals surface area contributed by atoms with E-state index in [-0.39, 0.29) is 0 Å². The van der Waals surface area contributed by atoms with Gasteiger partial charge in [0.2, 0.25) is 0 Å². The molecular weight excluding hydrogens is 757 g/mol. The minimum absolute atomic E-state index is 0.988. The Morgan fingerprint density at radius 1 is 0.270 bits per heavy atom. The lowest BCUT2D eigenvalue weighted by atomic mass is 9.82. The van der Waals surface area contributed by atoms with Crippen LogP contribution >= 0.6 is 0 Å². The molecule has 1 aliphatic carbocycles. The zero-order chi connectivity index (χ0) is 41.6. The van der Waals surface area contributed by atoms with E-state index in [1.54, 1.807) is 0 Å². The summed E-state index contributed by atoms with van der Waals surface area (Å²) in [6.07, 6.45) is 0.988. The van der Waals surface area contributed by atoms with Gasteiger partial charge in [0.25, 0.3) is 0 Å². The maximum atomic E-state index is 2.58. The summed E-state index contributed by atoms with van der Waals surface area (Å²) in [6, 6.07) is 61.7. The van der Waals surface area contributed by atoms with Crippen molar-refractivity contribution in [1.29, 1.82) is 0 Å². The Hall–Kier alpha value is -7.54. The molecule has 0 N–H and O–H groups in total. The molecule has 0 fully saturated rings. The SMILES string of the molecule is CCc1cc(C)cc(-c2c3c(cc4c5ccccc5c5cccc3c54)c(-c3cc(C)cc(C)c3)c3c4ccc5c6ccc7c8c(ccc(c9ccc(c23)c4c59)c86)-c2ccccc2-7)c1. The van der Waals surface area contributed by atoms with Crippen LogP contribution in [0, 0.1) is 20.8 Å². The third kappa shape index (κ3) is 4.13. The summed E-state index contributed by atoms with van der Waals surface area (Å²) in [7, 11) is 0. The van der Waals surface area contributed by atoms with E-state index in [1.165, 1.54) is 174 Å². The average molecular weight is 797 g/mol. The number of aryl methyl sites for hydroxylation is 4. The molecule has 0 saturated carbocycles. The number of benzene rings is 12. The molecule has 0 atom stereocenters. The normalized spacial score (nSPS) is 12.8. The average Bonchev–Trinajstić information content (AvgIpc) is 3.94. The van der Waals surface area contributed by atoms with Crippen molar-refractivity contribution in [2.45, 2.75) is 34.1 Å². The highest BCUT2D eigenvalue weighted by atomic mass is 14.3. The highest BCUT2D eigenvalue weighted by Gasteiger charge is 2.30. The van der Waals surface area contributed by atoms with Crippen molar-refractivity contribution in [3.8, 4) is 44.5 Å². The van der Waals surface area contributed by atoms with E-state index in [0.29, 0.717) is 0 Å². The zero-order valence-electron chi connectivity index (χ0n) is 35.7. The van der Waals surface area contributed by atoms with E-state index in [4.69, 9.17) is 0 Å². The topological polar surface area (TPSA) is 0 Å². The Morgan fingerprint density at radius 2 is 0.730 bits per heavy atom. The molecule has 0 aliphatic heterocycles. The third-order valence-electron chi connectivity index (χ3n) is 15.2. The predicted molar refractivity (Wildman–Crippen MR) is 274 cm³/mol. The Morgan fingerprint density at radius 3 is 1.38 bits per heavy atom. The highest BCUT2D eigenvalue weighted by Crippen LogP contribution is 2.58. The molecule has 0 heterocycles. The first-order valence-corrected chi connectivity index (χ1v) is 22.6. The van der Waals surface area contributed by atoms with Gasteiger partial charge in [-0.1, -0.05) is 175 Å². The van der Waals surface area contributed by atoms with Crippen LogP contribution in [0.5, 0.6) is 0 Å². The van der Waals surface area contributed by atoms with Gasteiger partial charge in [-0.2, -0.15) is 0 Å². The summed E-state index contributed by atoms with van der Waals surface area (Å²) in [5.74, 6) is 0. The first-order chi connectivity index (χ1) is 30.9. The molecule has 15 rings (SSSR count). The van der Waals surface area contributed by atoms with E-state index in [1.807, 2.05) is 0 Å². The van der Waals surface area contributed by atoms with Crippen molar-refractivity contribution in [2.75, 3.05) is 0 Å². The van der Waals surface area contributed by atoms with E-state index < -0.39 is 0 Å². The van der Waals surface area contributed by atoms with Crippen LogP contribution in [-0.2, 0) is 6.42 Å². The second-order valence-electron chi connectivity index (χ2n) is 18.7. The summed E-state index contributed by atoms with van der Waals surface area (Å²) in [5.41, 5.74) is 16.0. The molecule has 0 radical (unpaired) electrons. The van der Waals surface area contributed by atoms with Gasteiger partial charge in [0, 0.05) is 0 Å². The molecule has 0 aromatic heterocycles. The standard InChI is InChI=1S/C63H40/c1-5-35-26-34(4)29-37(30-35)55-61-49-16-10-15-42-40-13-8-9-14-41(40)52(56(42)49)31-53(61)54(36-27-32(2)25-33(3)28-36)62-50-23-21-47-45-19-17-43-38-11-6-7-12-39(38)44-18-20-46(58(45)57(43)44)48-22-24-51(63(55)62)60(50)59(47)48/h6-31H,5H2,1-4H3. The maximum absolute atomic E-state index is 2.58. The van der Waals surface area contributed by atoms with Crippen molar-refractivity contribution in [3.63, 3.8) is 0 Å². The van der Waals surface area contributed by atoms with Gasteiger partial charge in [-0.15, -0.1) is 0 Å². The van der Waals surface area contributed by atoms with E-state index in [9.17, 15) is 0 Å². The fourth-order valence-electron chi connectivity index (χ4n) is 13.0. The van der Waals surface area contributed by atoms with Crippen molar-refractivity contribution in [3.05, 3.63) is 180 Å². The molecule has 0 amide bonds. The number of hydrogen-bond acceptors (Lipinski definition) is 0. The Balaban J connectivity index is 1.22. The summed E-state index contributed by atoms with van der Waals surface area (Å²) in [4.78, 5) is 0. The van der Waals surface area contributed by atoms with Gasteiger partial charge < -0.3 is 0 Å². The van der Waals surface area contributed by atoms with Gasteiger partial charge >= 0.3 is 0 Å². The van der Waals surface area contributed by atoms with E-state index in [0.717, 1.165) is 6.42 Å². The predicted octanol–water partition coefficient (Wildman–Crippen LogP) is 18.0. The van der Waals surface area contributed by atoms with Crippen LogP contribution in [0.25, 0.3) is 152 Å². The molecule has 14 aromatic rings.